The van der Waals surface area contributed by atoms with Crippen LogP contribution in [0.4, 0.5) is 5.95 Å². The van der Waals surface area contributed by atoms with Crippen molar-refractivity contribution in [3.63, 3.8) is 0 Å². The van der Waals surface area contributed by atoms with Crippen LogP contribution in [0, 0.1) is 17.8 Å². The molecule has 1 saturated carbocycles. The minimum atomic E-state index is 0.586. The summed E-state index contributed by atoms with van der Waals surface area (Å²) in [7, 11) is 0. The quantitative estimate of drug-likeness (QED) is 0.525. The number of hydrogen-bond donors (Lipinski definition) is 0. The van der Waals surface area contributed by atoms with Gasteiger partial charge in [0.15, 0.2) is 5.76 Å². The number of piperidine rings is 1. The van der Waals surface area contributed by atoms with E-state index in [0.717, 1.165) is 66.9 Å². The van der Waals surface area contributed by atoms with Gasteiger partial charge in [-0.3, -0.25) is 0 Å². The molecule has 7 heteroatoms. The smallest absolute Gasteiger partial charge is 0.225 e. The van der Waals surface area contributed by atoms with Crippen LogP contribution in [-0.4, -0.2) is 34.8 Å². The molecule has 1 aromatic carbocycles. The summed E-state index contributed by atoms with van der Waals surface area (Å²) < 4.78 is 11.1. The number of halogens is 1. The average molecular weight is 425 g/mol. The second-order valence-corrected chi connectivity index (χ2v) is 8.66. The molecule has 0 N–H and O–H groups in total. The van der Waals surface area contributed by atoms with Crippen LogP contribution in [0.1, 0.15) is 25.7 Å². The van der Waals surface area contributed by atoms with Crippen LogP contribution in [0.2, 0.25) is 5.02 Å². The van der Waals surface area contributed by atoms with Gasteiger partial charge in [-0.15, -0.1) is 0 Å². The Kier molecular flexibility index (Phi) is 5.58. The van der Waals surface area contributed by atoms with Crippen molar-refractivity contribution in [2.75, 3.05) is 24.6 Å². The molecule has 2 aromatic heterocycles. The van der Waals surface area contributed by atoms with Gasteiger partial charge in [0.1, 0.15) is 5.75 Å². The molecule has 2 unspecified atom stereocenters. The van der Waals surface area contributed by atoms with Crippen LogP contribution in [0.3, 0.4) is 0 Å². The van der Waals surface area contributed by atoms with Crippen LogP contribution >= 0.6 is 11.6 Å². The fourth-order valence-electron chi connectivity index (χ4n) is 4.58. The maximum atomic E-state index is 5.97. The van der Waals surface area contributed by atoms with E-state index in [4.69, 9.17) is 20.9 Å². The van der Waals surface area contributed by atoms with Crippen molar-refractivity contribution in [1.82, 2.24) is 15.1 Å². The highest BCUT2D eigenvalue weighted by atomic mass is 35.5. The first-order valence-corrected chi connectivity index (χ1v) is 11.0. The summed E-state index contributed by atoms with van der Waals surface area (Å²) >= 11 is 5.89. The largest absolute Gasteiger partial charge is 0.494 e. The number of benzene rings is 1. The van der Waals surface area contributed by atoms with Gasteiger partial charge in [0.25, 0.3) is 0 Å². The van der Waals surface area contributed by atoms with Gasteiger partial charge >= 0.3 is 0 Å². The van der Waals surface area contributed by atoms with E-state index in [1.165, 1.54) is 19.3 Å². The molecule has 1 aliphatic carbocycles. The second kappa shape index (κ2) is 8.64. The fraction of sp³-hybridized carbons (Fsp3) is 0.435. The highest BCUT2D eigenvalue weighted by Gasteiger charge is 2.43. The highest BCUT2D eigenvalue weighted by Crippen LogP contribution is 2.49. The van der Waals surface area contributed by atoms with Gasteiger partial charge in [0.2, 0.25) is 5.95 Å². The molecule has 5 rings (SSSR count). The molecule has 0 spiro atoms. The summed E-state index contributed by atoms with van der Waals surface area (Å²) in [5, 5.41) is 4.33. The fourth-order valence-corrected chi connectivity index (χ4v) is 4.68. The van der Waals surface area contributed by atoms with E-state index in [1.54, 1.807) is 18.6 Å². The van der Waals surface area contributed by atoms with Crippen LogP contribution < -0.4 is 9.64 Å². The molecule has 156 valence electrons. The van der Waals surface area contributed by atoms with Gasteiger partial charge in [0.05, 0.1) is 30.2 Å². The van der Waals surface area contributed by atoms with Crippen LogP contribution in [0.5, 0.6) is 5.75 Å². The predicted molar refractivity (Wildman–Crippen MR) is 116 cm³/mol. The molecule has 6 nitrogen and oxygen atoms in total. The van der Waals surface area contributed by atoms with E-state index in [1.807, 2.05) is 30.3 Å². The van der Waals surface area contributed by atoms with Gasteiger partial charge in [-0.05, 0) is 67.7 Å². The average Bonchev–Trinajstić information content (AvgIpc) is 3.34. The second-order valence-electron chi connectivity index (χ2n) is 8.22. The normalized spacial score (nSPS) is 21.6. The number of ether oxygens (including phenoxy) is 1. The van der Waals surface area contributed by atoms with Gasteiger partial charge in [-0.1, -0.05) is 16.8 Å². The van der Waals surface area contributed by atoms with Gasteiger partial charge < -0.3 is 14.2 Å². The predicted octanol–water partition coefficient (Wildman–Crippen LogP) is 5.11. The monoisotopic (exact) mass is 424 g/mol. The molecular weight excluding hydrogens is 400 g/mol. The summed E-state index contributed by atoms with van der Waals surface area (Å²) in [6, 6.07) is 9.87. The zero-order chi connectivity index (χ0) is 20.3. The highest BCUT2D eigenvalue weighted by molar-refractivity contribution is 6.30. The number of anilines is 1. The molecular formula is C23H25ClN4O2. The van der Waals surface area contributed by atoms with Crippen LogP contribution in [0.15, 0.2) is 53.4 Å². The molecule has 0 amide bonds. The lowest BCUT2D eigenvalue weighted by Gasteiger charge is -2.32. The van der Waals surface area contributed by atoms with Crippen molar-refractivity contribution in [2.45, 2.75) is 25.7 Å². The third-order valence-electron chi connectivity index (χ3n) is 6.35. The van der Waals surface area contributed by atoms with Crippen LogP contribution in [-0.2, 0) is 0 Å². The topological polar surface area (TPSA) is 64.3 Å². The third-order valence-corrected chi connectivity index (χ3v) is 6.54. The van der Waals surface area contributed by atoms with E-state index >= 15 is 0 Å². The summed E-state index contributed by atoms with van der Waals surface area (Å²) in [6.45, 7) is 2.84. The summed E-state index contributed by atoms with van der Waals surface area (Å²) in [6.07, 6.45) is 9.92. The molecule has 3 heterocycles. The SMILES string of the molecule is Clc1cnc(N2CCC(C3CC3CCOc3ccc(-c4ccno4)cc3)CC2)nc1. The molecule has 30 heavy (non-hydrogen) atoms. The first kappa shape index (κ1) is 19.4. The Morgan fingerprint density at radius 3 is 2.53 bits per heavy atom. The molecule has 3 aromatic rings. The lowest BCUT2D eigenvalue weighted by molar-refractivity contribution is 0.284. The lowest BCUT2D eigenvalue weighted by Crippen LogP contribution is -2.35. The lowest BCUT2D eigenvalue weighted by atomic mass is 9.90. The van der Waals surface area contributed by atoms with Gasteiger partial charge in [-0.2, -0.15) is 0 Å². The first-order valence-electron chi connectivity index (χ1n) is 10.6. The van der Waals surface area contributed by atoms with Gasteiger partial charge in [0, 0.05) is 24.7 Å². The maximum absolute atomic E-state index is 5.97. The number of rotatable bonds is 7. The molecule has 0 radical (unpaired) electrons. The van der Waals surface area contributed by atoms with Gasteiger partial charge in [-0.25, -0.2) is 9.97 Å². The number of nitrogens with zero attached hydrogens (tertiary/aromatic N) is 4. The Bertz CT molecular complexity index is 938. The summed E-state index contributed by atoms with van der Waals surface area (Å²) in [5.74, 6) is 4.97. The van der Waals surface area contributed by atoms with E-state index in [0.29, 0.717) is 5.02 Å². The minimum absolute atomic E-state index is 0.586. The Hall–Kier alpha value is -2.60. The maximum Gasteiger partial charge on any atom is 0.225 e. The van der Waals surface area contributed by atoms with Crippen molar-refractivity contribution in [2.24, 2.45) is 17.8 Å². The number of aromatic nitrogens is 3. The molecule has 0 bridgehead atoms. The minimum Gasteiger partial charge on any atom is -0.494 e. The zero-order valence-electron chi connectivity index (χ0n) is 16.8. The van der Waals surface area contributed by atoms with E-state index in [2.05, 4.69) is 20.0 Å². The molecule has 2 aliphatic rings. The van der Waals surface area contributed by atoms with E-state index < -0.39 is 0 Å². The molecule has 1 saturated heterocycles. The molecule has 1 aliphatic heterocycles. The summed E-state index contributed by atoms with van der Waals surface area (Å²) in [5.41, 5.74) is 1.01. The Morgan fingerprint density at radius 2 is 1.83 bits per heavy atom. The van der Waals surface area contributed by atoms with E-state index in [9.17, 15) is 0 Å². The Balaban J connectivity index is 1.03. The summed E-state index contributed by atoms with van der Waals surface area (Å²) in [4.78, 5) is 11.0. The standard InChI is InChI=1S/C23H25ClN4O2/c24-19-14-25-23(26-15-19)28-10-6-16(7-11-28)21-13-18(21)8-12-29-20-3-1-17(2-4-20)22-5-9-27-30-22/h1-5,9,14-16,18,21H,6-8,10-13H2. The van der Waals surface area contributed by atoms with E-state index in [-0.39, 0.29) is 0 Å². The third kappa shape index (κ3) is 4.43. The zero-order valence-corrected chi connectivity index (χ0v) is 17.5. The first-order chi connectivity index (χ1) is 14.8. The van der Waals surface area contributed by atoms with Crippen molar-refractivity contribution in [3.8, 4) is 17.1 Å². The molecule has 2 atom stereocenters. The Morgan fingerprint density at radius 1 is 1.07 bits per heavy atom. The Labute approximate surface area is 181 Å². The van der Waals surface area contributed by atoms with Crippen molar-refractivity contribution in [1.29, 1.82) is 0 Å². The van der Waals surface area contributed by atoms with Crippen molar-refractivity contribution >= 4 is 17.5 Å². The van der Waals surface area contributed by atoms with Crippen LogP contribution in [0.25, 0.3) is 11.3 Å². The number of hydrogen-bond acceptors (Lipinski definition) is 6. The molecule has 2 fully saturated rings. The van der Waals surface area contributed by atoms with Crippen molar-refractivity contribution < 1.29 is 9.26 Å². The van der Waals surface area contributed by atoms with Crippen molar-refractivity contribution in [3.05, 3.63) is 53.9 Å².